The second kappa shape index (κ2) is 7.45. The average molecular weight is 275 g/mol. The lowest BCUT2D eigenvalue weighted by Crippen LogP contribution is -3.00. The molecule has 5 heteroatoms. The number of halogens is 1. The molecule has 1 unspecified atom stereocenters. The Morgan fingerprint density at radius 1 is 1.24 bits per heavy atom. The molecular weight excluding hydrogens is 256 g/mol. The summed E-state index contributed by atoms with van der Waals surface area (Å²) in [7, 11) is 0.0207. The average Bonchev–Trinajstić information content (AvgIpc) is 2.27. The topological polar surface area (TPSA) is 69.1 Å². The molecule has 96 valence electrons. The number of nitrogen functional groups attached to an aromatic ring is 1. The van der Waals surface area contributed by atoms with E-state index in [2.05, 4.69) is 13.8 Å². The highest BCUT2D eigenvalue weighted by Gasteiger charge is 2.33. The fourth-order valence-electron chi connectivity index (χ4n) is 1.73. The molecular formula is C12H19ClN2OS. The molecule has 0 spiro atoms. The van der Waals surface area contributed by atoms with Gasteiger partial charge in [0.25, 0.3) is 5.91 Å². The van der Waals surface area contributed by atoms with Crippen molar-refractivity contribution in [3.8, 4) is 0 Å². The van der Waals surface area contributed by atoms with Gasteiger partial charge in [-0.25, -0.2) is 0 Å². The third kappa shape index (κ3) is 4.13. The number of hydrogen-bond donors (Lipinski definition) is 2. The van der Waals surface area contributed by atoms with Crippen molar-refractivity contribution in [2.45, 2.75) is 19.1 Å². The van der Waals surface area contributed by atoms with E-state index < -0.39 is 0 Å². The van der Waals surface area contributed by atoms with E-state index in [1.807, 2.05) is 24.3 Å². The van der Waals surface area contributed by atoms with Crippen LogP contribution in [0.4, 0.5) is 5.69 Å². The van der Waals surface area contributed by atoms with E-state index >= 15 is 0 Å². The van der Waals surface area contributed by atoms with Gasteiger partial charge < -0.3 is 23.9 Å². The van der Waals surface area contributed by atoms with Gasteiger partial charge in [0, 0.05) is 22.1 Å². The molecule has 0 aliphatic carbocycles. The first-order valence-electron chi connectivity index (χ1n) is 5.41. The molecule has 1 aromatic carbocycles. The number of benzene rings is 1. The maximum absolute atomic E-state index is 11.5. The molecule has 0 radical (unpaired) electrons. The number of nitrogens with two attached hydrogens (primary N) is 2. The molecule has 0 bridgehead atoms. The molecule has 0 aliphatic heterocycles. The van der Waals surface area contributed by atoms with Gasteiger partial charge in [0.05, 0.1) is 0 Å². The minimum absolute atomic E-state index is 0. The molecule has 0 saturated carbocycles. The van der Waals surface area contributed by atoms with Crippen LogP contribution in [0.2, 0.25) is 0 Å². The van der Waals surface area contributed by atoms with E-state index in [1.165, 1.54) is 0 Å². The minimum atomic E-state index is -0.239. The van der Waals surface area contributed by atoms with Gasteiger partial charge in [-0.3, -0.25) is 4.79 Å². The Labute approximate surface area is 112 Å². The molecule has 1 amide bonds. The zero-order chi connectivity index (χ0) is 12.1. The Morgan fingerprint density at radius 2 is 1.71 bits per heavy atom. The maximum Gasteiger partial charge on any atom is 0.275 e. The van der Waals surface area contributed by atoms with Crippen molar-refractivity contribution >= 4 is 22.5 Å². The lowest BCUT2D eigenvalue weighted by molar-refractivity contribution is -0.117. The van der Waals surface area contributed by atoms with Gasteiger partial charge in [-0.1, -0.05) is 12.1 Å². The smallest absolute Gasteiger partial charge is 0.275 e. The fraction of sp³-hybridized carbons (Fsp3) is 0.417. The third-order valence-corrected chi connectivity index (χ3v) is 5.23. The summed E-state index contributed by atoms with van der Waals surface area (Å²) < 4.78 is 0. The van der Waals surface area contributed by atoms with Gasteiger partial charge in [0.2, 0.25) is 5.25 Å². The molecule has 1 atom stereocenters. The van der Waals surface area contributed by atoms with Crippen LogP contribution in [0.1, 0.15) is 24.7 Å². The number of rotatable bonds is 5. The Bertz CT molecular complexity index is 352. The van der Waals surface area contributed by atoms with Crippen molar-refractivity contribution < 1.29 is 17.2 Å². The van der Waals surface area contributed by atoms with E-state index in [4.69, 9.17) is 11.5 Å². The van der Waals surface area contributed by atoms with Gasteiger partial charge in [-0.05, 0) is 26.0 Å². The first-order chi connectivity index (χ1) is 7.60. The Hall–Kier alpha value is -0.870. The lowest BCUT2D eigenvalue weighted by atomic mass is 10.1. The van der Waals surface area contributed by atoms with E-state index in [1.54, 1.807) is 0 Å². The molecule has 3 nitrogen and oxygen atoms in total. The molecule has 1 rings (SSSR count). The third-order valence-electron chi connectivity index (χ3n) is 2.57. The van der Waals surface area contributed by atoms with E-state index in [-0.39, 0.29) is 34.5 Å². The summed E-state index contributed by atoms with van der Waals surface area (Å²) in [6.45, 7) is 4.19. The standard InChI is InChI=1S/C12H18N2OS.ClH/c1-3-16(4-2)11(12(14)15)9-5-7-10(13)8-6-9;/h5-8,11H,3-4,13H2,1-2H3,(H-,14,15);1H. The lowest BCUT2D eigenvalue weighted by Gasteiger charge is -2.14. The van der Waals surface area contributed by atoms with Crippen LogP contribution in [-0.2, 0) is 15.7 Å². The Morgan fingerprint density at radius 3 is 2.06 bits per heavy atom. The zero-order valence-electron chi connectivity index (χ0n) is 10.2. The summed E-state index contributed by atoms with van der Waals surface area (Å²) in [6, 6.07) is 7.43. The molecule has 0 heterocycles. The molecule has 17 heavy (non-hydrogen) atoms. The van der Waals surface area contributed by atoms with Crippen molar-refractivity contribution in [2.24, 2.45) is 5.73 Å². The van der Waals surface area contributed by atoms with Crippen LogP contribution >= 0.6 is 0 Å². The first kappa shape index (κ1) is 16.1. The number of amides is 1. The van der Waals surface area contributed by atoms with Crippen molar-refractivity contribution in [2.75, 3.05) is 17.2 Å². The van der Waals surface area contributed by atoms with E-state index in [0.29, 0.717) is 5.69 Å². The first-order valence-corrected chi connectivity index (χ1v) is 7.03. The van der Waals surface area contributed by atoms with Gasteiger partial charge in [-0.2, -0.15) is 0 Å². The van der Waals surface area contributed by atoms with Crippen molar-refractivity contribution in [1.29, 1.82) is 0 Å². The monoisotopic (exact) mass is 274 g/mol. The van der Waals surface area contributed by atoms with Crippen molar-refractivity contribution in [1.82, 2.24) is 0 Å². The highest BCUT2D eigenvalue weighted by Crippen LogP contribution is 2.25. The SMILES string of the molecule is CC[S+](CC)C(C(N)=O)c1ccc(N)cc1.[Cl-]. The molecule has 0 saturated heterocycles. The van der Waals surface area contributed by atoms with E-state index in [9.17, 15) is 4.79 Å². The number of carbonyl (C=O) groups is 1. The number of hydrogen-bond acceptors (Lipinski definition) is 2. The van der Waals surface area contributed by atoms with Crippen LogP contribution in [0.5, 0.6) is 0 Å². The molecule has 0 fully saturated rings. The summed E-state index contributed by atoms with van der Waals surface area (Å²) in [5.74, 6) is 1.72. The summed E-state index contributed by atoms with van der Waals surface area (Å²) in [6.07, 6.45) is 0. The largest absolute Gasteiger partial charge is 1.00 e. The Kier molecular flexibility index (Phi) is 7.07. The summed E-state index contributed by atoms with van der Waals surface area (Å²) >= 11 is 0. The maximum atomic E-state index is 11.5. The van der Waals surface area contributed by atoms with Crippen molar-refractivity contribution in [3.63, 3.8) is 0 Å². The number of primary amides is 1. The highest BCUT2D eigenvalue weighted by molar-refractivity contribution is 7.97. The second-order valence-electron chi connectivity index (χ2n) is 3.56. The summed E-state index contributed by atoms with van der Waals surface area (Å²) in [5.41, 5.74) is 12.8. The second-order valence-corrected chi connectivity index (χ2v) is 6.26. The van der Waals surface area contributed by atoms with Gasteiger partial charge >= 0.3 is 0 Å². The van der Waals surface area contributed by atoms with Crippen molar-refractivity contribution in [3.05, 3.63) is 29.8 Å². The van der Waals surface area contributed by atoms with Crippen LogP contribution in [-0.4, -0.2) is 17.4 Å². The molecule has 1 aromatic rings. The highest BCUT2D eigenvalue weighted by atomic mass is 35.5. The van der Waals surface area contributed by atoms with Crippen LogP contribution in [0, 0.1) is 0 Å². The predicted molar refractivity (Wildman–Crippen MR) is 71.2 cm³/mol. The molecule has 0 aliphatic rings. The molecule has 4 N–H and O–H groups in total. The fourth-order valence-corrected chi connectivity index (χ4v) is 3.67. The zero-order valence-corrected chi connectivity index (χ0v) is 11.7. The quantitative estimate of drug-likeness (QED) is 0.505. The summed E-state index contributed by atoms with van der Waals surface area (Å²) in [4.78, 5) is 11.5. The number of carbonyl (C=O) groups excluding carboxylic acids is 1. The number of anilines is 1. The Balaban J connectivity index is 0.00000256. The van der Waals surface area contributed by atoms with E-state index in [0.717, 1.165) is 17.1 Å². The van der Waals surface area contributed by atoms with Crippen LogP contribution in [0.25, 0.3) is 0 Å². The molecule has 0 aromatic heterocycles. The minimum Gasteiger partial charge on any atom is -1.00 e. The van der Waals surface area contributed by atoms with Gasteiger partial charge in [-0.15, -0.1) is 0 Å². The summed E-state index contributed by atoms with van der Waals surface area (Å²) in [5, 5.41) is -0.171. The normalized spacial score (nSPS) is 11.9. The van der Waals surface area contributed by atoms with Crippen LogP contribution < -0.4 is 23.9 Å². The van der Waals surface area contributed by atoms with Gasteiger partial charge in [0.15, 0.2) is 0 Å². The predicted octanol–water partition coefficient (Wildman–Crippen LogP) is -1.54. The van der Waals surface area contributed by atoms with Crippen LogP contribution in [0.3, 0.4) is 0 Å². The van der Waals surface area contributed by atoms with Crippen LogP contribution in [0.15, 0.2) is 24.3 Å². The van der Waals surface area contributed by atoms with Gasteiger partial charge in [0.1, 0.15) is 11.5 Å².